The smallest absolute Gasteiger partial charge is 0.295 e. The van der Waals surface area contributed by atoms with E-state index >= 15 is 0 Å². The molecule has 2 N–H and O–H groups in total. The summed E-state index contributed by atoms with van der Waals surface area (Å²) in [5, 5.41) is 2.86. The van der Waals surface area contributed by atoms with Crippen LogP contribution >= 0.6 is 0 Å². The first-order chi connectivity index (χ1) is 10.1. The molecule has 1 aliphatic rings. The van der Waals surface area contributed by atoms with Crippen LogP contribution in [0.2, 0.25) is 0 Å². The quantitative estimate of drug-likeness (QED) is 0.889. The fourth-order valence-corrected chi connectivity index (χ4v) is 3.61. The van der Waals surface area contributed by atoms with Gasteiger partial charge in [-0.05, 0) is 61.7 Å². The maximum atomic E-state index is 12.3. The van der Waals surface area contributed by atoms with Crippen LogP contribution in [0.5, 0.6) is 0 Å². The van der Waals surface area contributed by atoms with Gasteiger partial charge in [-0.1, -0.05) is 6.07 Å². The molecule has 0 spiro atoms. The number of rotatable bonds is 5. The van der Waals surface area contributed by atoms with E-state index < -0.39 is 10.0 Å². The first kappa shape index (κ1) is 14.2. The number of fused-ring (bicyclic) bond motifs is 1. The van der Waals surface area contributed by atoms with Crippen molar-refractivity contribution in [2.24, 2.45) is 0 Å². The highest BCUT2D eigenvalue weighted by Crippen LogP contribution is 2.26. The van der Waals surface area contributed by atoms with Crippen molar-refractivity contribution in [3.63, 3.8) is 0 Å². The third-order valence-electron chi connectivity index (χ3n) is 3.60. The third kappa shape index (κ3) is 2.96. The number of hydrogen-bond donors (Lipinski definition) is 2. The molecule has 3 rings (SSSR count). The zero-order valence-corrected chi connectivity index (χ0v) is 12.7. The number of benzene rings is 1. The average molecular weight is 306 g/mol. The Kier molecular flexibility index (Phi) is 3.73. The molecule has 0 atom stereocenters. The zero-order chi connectivity index (χ0) is 14.9. The molecule has 1 aliphatic carbocycles. The SMILES string of the molecule is CNCc1ccc(S(=O)(=O)Nc2ccc3c(c2)CCC3)o1. The van der Waals surface area contributed by atoms with Crippen molar-refractivity contribution in [1.29, 1.82) is 0 Å². The van der Waals surface area contributed by atoms with Crippen molar-refractivity contribution in [2.75, 3.05) is 11.8 Å². The summed E-state index contributed by atoms with van der Waals surface area (Å²) in [7, 11) is -1.90. The second-order valence-corrected chi connectivity index (χ2v) is 6.81. The summed E-state index contributed by atoms with van der Waals surface area (Å²) in [6, 6.07) is 8.85. The van der Waals surface area contributed by atoms with Gasteiger partial charge in [0.1, 0.15) is 5.76 Å². The van der Waals surface area contributed by atoms with Crippen molar-refractivity contribution in [2.45, 2.75) is 30.9 Å². The summed E-state index contributed by atoms with van der Waals surface area (Å²) >= 11 is 0. The minimum absolute atomic E-state index is 0.0618. The second kappa shape index (κ2) is 5.54. The summed E-state index contributed by atoms with van der Waals surface area (Å²) in [6.07, 6.45) is 3.23. The van der Waals surface area contributed by atoms with Crippen molar-refractivity contribution in [3.8, 4) is 0 Å². The number of nitrogens with one attached hydrogen (secondary N) is 2. The molecule has 21 heavy (non-hydrogen) atoms. The summed E-state index contributed by atoms with van der Waals surface area (Å²) in [5.74, 6) is 0.590. The molecule has 0 fully saturated rings. The molecule has 2 aromatic rings. The Morgan fingerprint density at radius 3 is 2.76 bits per heavy atom. The molecule has 0 unspecified atom stereocenters. The minimum Gasteiger partial charge on any atom is -0.446 e. The maximum absolute atomic E-state index is 12.3. The molecule has 1 aromatic carbocycles. The molecule has 1 heterocycles. The van der Waals surface area contributed by atoms with E-state index in [1.807, 2.05) is 12.1 Å². The van der Waals surface area contributed by atoms with E-state index in [1.165, 1.54) is 17.2 Å². The Labute approximate surface area is 124 Å². The summed E-state index contributed by atoms with van der Waals surface area (Å²) in [5.41, 5.74) is 3.12. The van der Waals surface area contributed by atoms with Crippen LogP contribution in [-0.4, -0.2) is 15.5 Å². The Morgan fingerprint density at radius 2 is 1.95 bits per heavy atom. The molecular formula is C15H18N2O3S. The number of anilines is 1. The first-order valence-electron chi connectivity index (χ1n) is 6.96. The van der Waals surface area contributed by atoms with Gasteiger partial charge in [-0.3, -0.25) is 4.72 Å². The monoisotopic (exact) mass is 306 g/mol. The second-order valence-electron chi connectivity index (χ2n) is 5.19. The van der Waals surface area contributed by atoms with E-state index in [1.54, 1.807) is 19.2 Å². The van der Waals surface area contributed by atoms with E-state index in [0.29, 0.717) is 18.0 Å². The highest BCUT2D eigenvalue weighted by Gasteiger charge is 2.20. The van der Waals surface area contributed by atoms with Crippen LogP contribution in [0.25, 0.3) is 0 Å². The van der Waals surface area contributed by atoms with Crippen LogP contribution in [-0.2, 0) is 29.4 Å². The van der Waals surface area contributed by atoms with E-state index in [0.717, 1.165) is 19.3 Å². The number of furan rings is 1. The van der Waals surface area contributed by atoms with Gasteiger partial charge in [0.05, 0.1) is 6.54 Å². The third-order valence-corrected chi connectivity index (χ3v) is 4.86. The lowest BCUT2D eigenvalue weighted by molar-refractivity contribution is 0.408. The minimum atomic E-state index is -3.67. The van der Waals surface area contributed by atoms with E-state index in [9.17, 15) is 8.42 Å². The highest BCUT2D eigenvalue weighted by atomic mass is 32.2. The molecule has 0 saturated carbocycles. The van der Waals surface area contributed by atoms with Crippen LogP contribution in [0.3, 0.4) is 0 Å². The van der Waals surface area contributed by atoms with Crippen molar-refractivity contribution in [1.82, 2.24) is 5.32 Å². The Morgan fingerprint density at radius 1 is 1.14 bits per heavy atom. The van der Waals surface area contributed by atoms with Crippen LogP contribution in [0.1, 0.15) is 23.3 Å². The largest absolute Gasteiger partial charge is 0.446 e. The predicted molar refractivity (Wildman–Crippen MR) is 80.7 cm³/mol. The summed E-state index contributed by atoms with van der Waals surface area (Å²) < 4.78 is 32.5. The lowest BCUT2D eigenvalue weighted by atomic mass is 10.1. The van der Waals surface area contributed by atoms with Gasteiger partial charge < -0.3 is 9.73 Å². The van der Waals surface area contributed by atoms with Crippen LogP contribution in [0.15, 0.2) is 39.8 Å². The lowest BCUT2D eigenvalue weighted by Crippen LogP contribution is -2.12. The van der Waals surface area contributed by atoms with Gasteiger partial charge in [0.2, 0.25) is 5.09 Å². The highest BCUT2D eigenvalue weighted by molar-refractivity contribution is 7.92. The molecule has 5 nitrogen and oxygen atoms in total. The van der Waals surface area contributed by atoms with Gasteiger partial charge in [0.25, 0.3) is 10.0 Å². The molecule has 0 bridgehead atoms. The van der Waals surface area contributed by atoms with Crippen LogP contribution in [0.4, 0.5) is 5.69 Å². The zero-order valence-electron chi connectivity index (χ0n) is 11.8. The normalized spacial score (nSPS) is 14.1. The fraction of sp³-hybridized carbons (Fsp3) is 0.333. The summed E-state index contributed by atoms with van der Waals surface area (Å²) in [4.78, 5) is 0. The predicted octanol–water partition coefficient (Wildman–Crippen LogP) is 2.29. The molecule has 0 amide bonds. The van der Waals surface area contributed by atoms with Gasteiger partial charge in [-0.2, -0.15) is 8.42 Å². The number of hydrogen-bond acceptors (Lipinski definition) is 4. The number of aryl methyl sites for hydroxylation is 2. The van der Waals surface area contributed by atoms with Crippen LogP contribution in [0, 0.1) is 0 Å². The summed E-state index contributed by atoms with van der Waals surface area (Å²) in [6.45, 7) is 0.494. The van der Waals surface area contributed by atoms with E-state index in [4.69, 9.17) is 4.42 Å². The Balaban J connectivity index is 1.82. The first-order valence-corrected chi connectivity index (χ1v) is 8.45. The molecule has 0 aliphatic heterocycles. The van der Waals surface area contributed by atoms with E-state index in [-0.39, 0.29) is 5.09 Å². The van der Waals surface area contributed by atoms with Gasteiger partial charge in [-0.15, -0.1) is 0 Å². The van der Waals surface area contributed by atoms with Crippen molar-refractivity contribution in [3.05, 3.63) is 47.2 Å². The van der Waals surface area contributed by atoms with Gasteiger partial charge in [0, 0.05) is 5.69 Å². The topological polar surface area (TPSA) is 71.3 Å². The molecule has 1 aromatic heterocycles. The maximum Gasteiger partial charge on any atom is 0.295 e. The van der Waals surface area contributed by atoms with E-state index in [2.05, 4.69) is 10.0 Å². The average Bonchev–Trinajstić information content (AvgIpc) is 3.07. The van der Waals surface area contributed by atoms with Gasteiger partial charge >= 0.3 is 0 Å². The van der Waals surface area contributed by atoms with Crippen LogP contribution < -0.4 is 10.0 Å². The molecule has 6 heteroatoms. The number of sulfonamides is 1. The molecule has 112 valence electrons. The standard InChI is InChI=1S/C15H18N2O3S/c1-16-10-14-7-8-15(20-14)21(18,19)17-13-6-5-11-3-2-4-12(11)9-13/h5-9,16-17H,2-4,10H2,1H3. The lowest BCUT2D eigenvalue weighted by Gasteiger charge is -2.08. The fourth-order valence-electron chi connectivity index (χ4n) is 2.61. The Hall–Kier alpha value is -1.79. The molecule has 0 saturated heterocycles. The molecule has 0 radical (unpaired) electrons. The molecular weight excluding hydrogens is 288 g/mol. The van der Waals surface area contributed by atoms with Crippen molar-refractivity contribution >= 4 is 15.7 Å². The van der Waals surface area contributed by atoms with Gasteiger partial charge in [0.15, 0.2) is 0 Å². The Bertz CT molecular complexity index is 750. The van der Waals surface area contributed by atoms with Gasteiger partial charge in [-0.25, -0.2) is 0 Å². The van der Waals surface area contributed by atoms with Crippen molar-refractivity contribution < 1.29 is 12.8 Å².